The summed E-state index contributed by atoms with van der Waals surface area (Å²) in [5, 5.41) is 0.388. The first-order chi connectivity index (χ1) is 11.1. The molecule has 2 N–H and O–H groups in total. The quantitative estimate of drug-likeness (QED) is 0.496. The second-order valence-electron chi connectivity index (χ2n) is 5.26. The van der Waals surface area contributed by atoms with Crippen molar-refractivity contribution < 1.29 is 14.3 Å². The molecule has 0 spiro atoms. The maximum absolute atomic E-state index is 12.2. The molecule has 1 aromatic rings. The van der Waals surface area contributed by atoms with Gasteiger partial charge in [0, 0.05) is 19.3 Å². The summed E-state index contributed by atoms with van der Waals surface area (Å²) in [4.78, 5) is 33.9. The lowest BCUT2D eigenvalue weighted by Gasteiger charge is -2.19. The number of hydrogen-bond acceptors (Lipinski definition) is 7. The molecular weight excluding hydrogens is 316 g/mol. The van der Waals surface area contributed by atoms with E-state index in [1.54, 1.807) is 6.92 Å². The van der Waals surface area contributed by atoms with Gasteiger partial charge in [0.1, 0.15) is 11.4 Å². The maximum Gasteiger partial charge on any atom is 0.343 e. The highest BCUT2D eigenvalue weighted by molar-refractivity contribution is 7.99. The standard InChI is InChI=1S/C15H22N4O3S/c1-2-22-14(21)11-9-17-15(18-13(11)16)23-10-12(20)19-7-5-3-4-6-8-19/h9H,2-8,10H2,1H3,(H2,16,17,18). The maximum atomic E-state index is 12.2. The van der Waals surface area contributed by atoms with Crippen LogP contribution in [0.4, 0.5) is 5.82 Å². The van der Waals surface area contributed by atoms with Crippen LogP contribution in [0.25, 0.3) is 0 Å². The molecule has 0 aromatic carbocycles. The van der Waals surface area contributed by atoms with Crippen LogP contribution in [0.2, 0.25) is 0 Å². The number of thioether (sulfide) groups is 1. The van der Waals surface area contributed by atoms with Gasteiger partial charge >= 0.3 is 5.97 Å². The number of carbonyl (C=O) groups excluding carboxylic acids is 2. The highest BCUT2D eigenvalue weighted by atomic mass is 32.2. The van der Waals surface area contributed by atoms with Crippen LogP contribution in [0, 0.1) is 0 Å². The predicted molar refractivity (Wildman–Crippen MR) is 88.2 cm³/mol. The van der Waals surface area contributed by atoms with Gasteiger partial charge in [-0.25, -0.2) is 14.8 Å². The van der Waals surface area contributed by atoms with Gasteiger partial charge in [0.2, 0.25) is 5.91 Å². The number of nitrogens with zero attached hydrogens (tertiary/aromatic N) is 3. The molecule has 0 radical (unpaired) electrons. The molecule has 0 atom stereocenters. The Balaban J connectivity index is 1.91. The SMILES string of the molecule is CCOC(=O)c1cnc(SCC(=O)N2CCCCCC2)nc1N. The third kappa shape index (κ3) is 5.09. The Morgan fingerprint density at radius 3 is 2.61 bits per heavy atom. The zero-order valence-corrected chi connectivity index (χ0v) is 14.1. The molecule has 2 heterocycles. The third-order valence-electron chi connectivity index (χ3n) is 3.57. The van der Waals surface area contributed by atoms with E-state index in [1.165, 1.54) is 30.8 Å². The number of nitrogen functional groups attached to an aromatic ring is 1. The number of carbonyl (C=O) groups is 2. The third-order valence-corrected chi connectivity index (χ3v) is 4.42. The Morgan fingerprint density at radius 2 is 2.00 bits per heavy atom. The van der Waals surface area contributed by atoms with Crippen LogP contribution in [0.3, 0.4) is 0 Å². The smallest absolute Gasteiger partial charge is 0.343 e. The van der Waals surface area contributed by atoms with E-state index in [0.29, 0.717) is 5.16 Å². The van der Waals surface area contributed by atoms with Gasteiger partial charge in [-0.15, -0.1) is 0 Å². The molecule has 1 aliphatic rings. The Bertz CT molecular complexity index is 560. The molecule has 23 heavy (non-hydrogen) atoms. The van der Waals surface area contributed by atoms with E-state index in [1.807, 2.05) is 4.90 Å². The number of aromatic nitrogens is 2. The van der Waals surface area contributed by atoms with Gasteiger partial charge in [-0.3, -0.25) is 4.79 Å². The van der Waals surface area contributed by atoms with Crippen molar-refractivity contribution in [2.24, 2.45) is 0 Å². The van der Waals surface area contributed by atoms with E-state index >= 15 is 0 Å². The molecule has 2 rings (SSSR count). The van der Waals surface area contributed by atoms with E-state index in [2.05, 4.69) is 9.97 Å². The number of nitrogens with two attached hydrogens (primary N) is 1. The number of likely N-dealkylation sites (tertiary alicyclic amines) is 1. The van der Waals surface area contributed by atoms with Crippen molar-refractivity contribution in [3.05, 3.63) is 11.8 Å². The van der Waals surface area contributed by atoms with Gasteiger partial charge < -0.3 is 15.4 Å². The van der Waals surface area contributed by atoms with Crippen LogP contribution in [0.15, 0.2) is 11.4 Å². The summed E-state index contributed by atoms with van der Waals surface area (Å²) >= 11 is 1.23. The molecule has 126 valence electrons. The molecule has 1 saturated heterocycles. The molecule has 0 saturated carbocycles. The molecular formula is C15H22N4O3S. The van der Waals surface area contributed by atoms with Crippen LogP contribution < -0.4 is 5.73 Å². The summed E-state index contributed by atoms with van der Waals surface area (Å²) in [6.07, 6.45) is 5.85. The molecule has 0 unspecified atom stereocenters. The summed E-state index contributed by atoms with van der Waals surface area (Å²) in [7, 11) is 0. The van der Waals surface area contributed by atoms with Crippen LogP contribution >= 0.6 is 11.8 Å². The lowest BCUT2D eigenvalue weighted by molar-refractivity contribution is -0.128. The van der Waals surface area contributed by atoms with Crippen LogP contribution in [0.5, 0.6) is 0 Å². The van der Waals surface area contributed by atoms with E-state index in [4.69, 9.17) is 10.5 Å². The van der Waals surface area contributed by atoms with Crippen LogP contribution in [-0.2, 0) is 9.53 Å². The van der Waals surface area contributed by atoms with E-state index in [0.717, 1.165) is 25.9 Å². The average Bonchev–Trinajstić information content (AvgIpc) is 2.82. The molecule has 1 aromatic heterocycles. The molecule has 0 aliphatic carbocycles. The lowest BCUT2D eigenvalue weighted by atomic mass is 10.2. The van der Waals surface area contributed by atoms with Crippen molar-refractivity contribution >= 4 is 29.5 Å². The Labute approximate surface area is 140 Å². The van der Waals surface area contributed by atoms with Gasteiger partial charge in [0.05, 0.1) is 12.4 Å². The largest absolute Gasteiger partial charge is 0.462 e. The summed E-state index contributed by atoms with van der Waals surface area (Å²) in [6, 6.07) is 0. The number of anilines is 1. The summed E-state index contributed by atoms with van der Waals surface area (Å²) in [5.41, 5.74) is 5.91. The number of hydrogen-bond donors (Lipinski definition) is 1. The molecule has 7 nitrogen and oxygen atoms in total. The summed E-state index contributed by atoms with van der Waals surface area (Å²) < 4.78 is 4.87. The molecule has 1 fully saturated rings. The number of esters is 1. The first-order valence-corrected chi connectivity index (χ1v) is 8.80. The fourth-order valence-corrected chi connectivity index (χ4v) is 3.08. The fraction of sp³-hybridized carbons (Fsp3) is 0.600. The Morgan fingerprint density at radius 1 is 1.30 bits per heavy atom. The number of rotatable bonds is 5. The lowest BCUT2D eigenvalue weighted by Crippen LogP contribution is -2.33. The van der Waals surface area contributed by atoms with E-state index in [9.17, 15) is 9.59 Å². The second kappa shape index (κ2) is 8.71. The van der Waals surface area contributed by atoms with Crippen molar-refractivity contribution in [2.45, 2.75) is 37.8 Å². The summed E-state index contributed by atoms with van der Waals surface area (Å²) in [6.45, 7) is 3.63. The zero-order chi connectivity index (χ0) is 16.7. The second-order valence-corrected chi connectivity index (χ2v) is 6.20. The molecule has 1 aliphatic heterocycles. The van der Waals surface area contributed by atoms with Crippen LogP contribution in [-0.4, -0.2) is 52.2 Å². The highest BCUT2D eigenvalue weighted by Crippen LogP contribution is 2.18. The van der Waals surface area contributed by atoms with Gasteiger partial charge in [-0.1, -0.05) is 24.6 Å². The fourth-order valence-electron chi connectivity index (χ4n) is 2.35. The van der Waals surface area contributed by atoms with Crippen molar-refractivity contribution in [1.82, 2.24) is 14.9 Å². The van der Waals surface area contributed by atoms with Crippen molar-refractivity contribution in [3.63, 3.8) is 0 Å². The highest BCUT2D eigenvalue weighted by Gasteiger charge is 2.17. The summed E-state index contributed by atoms with van der Waals surface area (Å²) in [5.74, 6) is -0.100. The van der Waals surface area contributed by atoms with Crippen LogP contribution in [0.1, 0.15) is 43.0 Å². The van der Waals surface area contributed by atoms with Crippen molar-refractivity contribution in [3.8, 4) is 0 Å². The number of amides is 1. The van der Waals surface area contributed by atoms with Gasteiger partial charge in [-0.05, 0) is 19.8 Å². The first kappa shape index (κ1) is 17.5. The Hall–Kier alpha value is -1.83. The van der Waals surface area contributed by atoms with Crippen molar-refractivity contribution in [1.29, 1.82) is 0 Å². The predicted octanol–water partition coefficient (Wildman–Crippen LogP) is 1.73. The Kier molecular flexibility index (Phi) is 6.64. The van der Waals surface area contributed by atoms with E-state index in [-0.39, 0.29) is 29.6 Å². The minimum atomic E-state index is -0.540. The zero-order valence-electron chi connectivity index (χ0n) is 13.3. The minimum absolute atomic E-state index is 0.0724. The van der Waals surface area contributed by atoms with E-state index < -0.39 is 5.97 Å². The monoisotopic (exact) mass is 338 g/mol. The van der Waals surface area contributed by atoms with Gasteiger partial charge in [0.25, 0.3) is 0 Å². The number of ether oxygens (including phenoxy) is 1. The van der Waals surface area contributed by atoms with Crippen molar-refractivity contribution in [2.75, 3.05) is 31.2 Å². The molecule has 1 amide bonds. The van der Waals surface area contributed by atoms with Gasteiger partial charge in [-0.2, -0.15) is 0 Å². The topological polar surface area (TPSA) is 98.4 Å². The normalized spacial score (nSPS) is 15.1. The first-order valence-electron chi connectivity index (χ1n) is 7.82. The molecule has 0 bridgehead atoms. The average molecular weight is 338 g/mol. The van der Waals surface area contributed by atoms with Gasteiger partial charge in [0.15, 0.2) is 5.16 Å². The minimum Gasteiger partial charge on any atom is -0.462 e. The molecule has 8 heteroatoms.